The van der Waals surface area contributed by atoms with E-state index in [1.54, 1.807) is 6.92 Å². The van der Waals surface area contributed by atoms with Crippen LogP contribution in [-0.4, -0.2) is 28.4 Å². The number of hydrogen-bond acceptors (Lipinski definition) is 4. The molecule has 0 saturated carbocycles. The predicted octanol–water partition coefficient (Wildman–Crippen LogP) is 9.62. The summed E-state index contributed by atoms with van der Waals surface area (Å²) in [6.07, 6.45) is 0.889. The van der Waals surface area contributed by atoms with Gasteiger partial charge in [-0.2, -0.15) is 0 Å². The molecule has 0 fully saturated rings. The molecule has 0 aliphatic rings. The van der Waals surface area contributed by atoms with Crippen molar-refractivity contribution in [3.63, 3.8) is 0 Å². The number of para-hydroxylation sites is 2. The van der Waals surface area contributed by atoms with Crippen LogP contribution in [0.5, 0.6) is 0 Å². The van der Waals surface area contributed by atoms with Crippen LogP contribution in [0.25, 0.3) is 54.9 Å². The molecular weight excluding hydrogens is 699 g/mol. The Labute approximate surface area is 262 Å². The molecule has 2 heterocycles. The van der Waals surface area contributed by atoms with E-state index in [4.69, 9.17) is 19.2 Å². The van der Waals surface area contributed by atoms with Crippen LogP contribution in [0.3, 0.4) is 0 Å². The third-order valence-corrected chi connectivity index (χ3v) is 7.23. The molecule has 5 heteroatoms. The molecule has 6 rings (SSSR count). The van der Waals surface area contributed by atoms with E-state index in [1.807, 2.05) is 39.0 Å². The molecule has 0 bridgehead atoms. The van der Waals surface area contributed by atoms with E-state index in [9.17, 15) is 0 Å². The summed E-state index contributed by atoms with van der Waals surface area (Å²) in [5.74, 6) is 0. The topological polar surface area (TPSA) is 55.5 Å². The number of nitrogens with zero attached hydrogens (tertiary/aromatic N) is 1. The van der Waals surface area contributed by atoms with Crippen LogP contribution in [0, 0.1) is 6.07 Å². The Morgan fingerprint density at radius 2 is 1.48 bits per heavy atom. The first-order chi connectivity index (χ1) is 19.5. The molecule has 0 aliphatic carbocycles. The summed E-state index contributed by atoms with van der Waals surface area (Å²) in [6.45, 7) is 14.5. The van der Waals surface area contributed by atoms with Crippen LogP contribution >= 0.6 is 0 Å². The summed E-state index contributed by atoms with van der Waals surface area (Å²) in [5, 5.41) is 14.6. The van der Waals surface area contributed by atoms with Gasteiger partial charge in [0.1, 0.15) is 11.2 Å². The molecule has 6 aromatic rings. The average molecular weight is 739 g/mol. The Balaban J connectivity index is 0.000000320. The third-order valence-electron chi connectivity index (χ3n) is 7.23. The first kappa shape index (κ1) is 31.8. The smallest absolute Gasteiger partial charge is 0.134 e. The number of pyridine rings is 1. The number of aliphatic hydroxyl groups excluding tert-OH is 1. The van der Waals surface area contributed by atoms with Crippen molar-refractivity contribution in [3.8, 4) is 11.3 Å². The molecule has 4 nitrogen and oxygen atoms in total. The van der Waals surface area contributed by atoms with E-state index >= 15 is 0 Å². The van der Waals surface area contributed by atoms with Crippen molar-refractivity contribution in [1.29, 1.82) is 0 Å². The summed E-state index contributed by atoms with van der Waals surface area (Å²) >= 11 is 0. The van der Waals surface area contributed by atoms with Gasteiger partial charge in [-0.25, -0.2) is 0 Å². The van der Waals surface area contributed by atoms with E-state index in [0.717, 1.165) is 55.9 Å². The van der Waals surface area contributed by atoms with Crippen LogP contribution in [0.1, 0.15) is 60.5 Å². The molecule has 42 heavy (non-hydrogen) atoms. The van der Waals surface area contributed by atoms with Gasteiger partial charge >= 0.3 is 0 Å². The monoisotopic (exact) mass is 739 g/mol. The van der Waals surface area contributed by atoms with Crippen LogP contribution in [0.15, 0.2) is 83.3 Å². The van der Waals surface area contributed by atoms with Gasteiger partial charge < -0.3 is 14.3 Å². The molecule has 0 aliphatic heterocycles. The molecule has 1 N–H and O–H groups in total. The van der Waals surface area contributed by atoms with Gasteiger partial charge in [0.2, 0.25) is 0 Å². The van der Waals surface area contributed by atoms with E-state index in [2.05, 4.69) is 87.5 Å². The van der Waals surface area contributed by atoms with Gasteiger partial charge in [-0.3, -0.25) is 4.98 Å². The van der Waals surface area contributed by atoms with Gasteiger partial charge in [-0.1, -0.05) is 86.3 Å². The van der Waals surface area contributed by atoms with Crippen molar-refractivity contribution in [2.45, 2.75) is 78.6 Å². The fourth-order valence-electron chi connectivity index (χ4n) is 5.59. The van der Waals surface area contributed by atoms with E-state index in [1.165, 1.54) is 10.9 Å². The Hall–Kier alpha value is -3.08. The van der Waals surface area contributed by atoms with E-state index in [-0.39, 0.29) is 43.8 Å². The van der Waals surface area contributed by atoms with Gasteiger partial charge in [0.25, 0.3) is 0 Å². The molecule has 221 valence electrons. The van der Waals surface area contributed by atoms with Crippen molar-refractivity contribution in [3.05, 3.63) is 90.5 Å². The maximum absolute atomic E-state index is 8.96. The Bertz CT molecular complexity index is 1800. The van der Waals surface area contributed by atoms with Gasteiger partial charge in [0.05, 0.1) is 23.8 Å². The van der Waals surface area contributed by atoms with Crippen molar-refractivity contribution >= 4 is 43.6 Å². The first-order valence-corrected chi connectivity index (χ1v) is 14.5. The number of aliphatic hydroxyl groups is 1. The minimum atomic E-state index is -0.256. The standard InChI is InChI=1S/C29H22NO.C8H18O2.Ir/c1-29(2,3)23-17-19(16-18-10-4-5-11-20(18)23)27-28-26(21-12-6-8-14-24(21)30-27)22-13-7-9-15-25(22)31-28;1-6(2)10-8(4)5-7(3)9;/h4-15,17H,1-3H3;6-9H,5H2,1-4H3;/q-1;;. The predicted molar refractivity (Wildman–Crippen MR) is 171 cm³/mol. The second-order valence-electron chi connectivity index (χ2n) is 12.3. The number of furan rings is 1. The fraction of sp³-hybridized carbons (Fsp3) is 0.324. The van der Waals surface area contributed by atoms with Crippen molar-refractivity contribution in [2.75, 3.05) is 0 Å². The number of ether oxygens (including phenoxy) is 1. The van der Waals surface area contributed by atoms with Crippen molar-refractivity contribution < 1.29 is 34.4 Å². The molecule has 0 spiro atoms. The van der Waals surface area contributed by atoms with Crippen molar-refractivity contribution in [2.24, 2.45) is 0 Å². The maximum Gasteiger partial charge on any atom is 0.134 e. The maximum atomic E-state index is 8.96. The number of rotatable bonds is 5. The molecule has 0 saturated heterocycles. The van der Waals surface area contributed by atoms with E-state index in [0.29, 0.717) is 0 Å². The summed E-state index contributed by atoms with van der Waals surface area (Å²) in [4.78, 5) is 5.07. The fourth-order valence-corrected chi connectivity index (χ4v) is 5.59. The van der Waals surface area contributed by atoms with Crippen molar-refractivity contribution in [1.82, 2.24) is 4.98 Å². The van der Waals surface area contributed by atoms with Gasteiger partial charge in [-0.05, 0) is 51.7 Å². The Morgan fingerprint density at radius 1 is 0.857 bits per heavy atom. The van der Waals surface area contributed by atoms with Crippen LogP contribution < -0.4 is 0 Å². The quantitative estimate of drug-likeness (QED) is 0.179. The minimum Gasteiger partial charge on any atom is -0.462 e. The minimum absolute atomic E-state index is 0. The molecule has 2 aromatic heterocycles. The Morgan fingerprint density at radius 3 is 2.14 bits per heavy atom. The number of fused-ring (bicyclic) bond motifs is 6. The summed E-state index contributed by atoms with van der Waals surface area (Å²) in [6, 6.07) is 30.9. The van der Waals surface area contributed by atoms with Crippen LogP contribution in [0.2, 0.25) is 0 Å². The third kappa shape index (κ3) is 6.76. The van der Waals surface area contributed by atoms with Gasteiger partial charge in [-0.15, -0.1) is 29.1 Å². The SMILES string of the molecule is CC(C)(C)c1cc(-c2nc3ccccc3c3c2oc2ccccc23)[c-]c2ccccc12.CC(O)CC(C)OC(C)C.[Ir]. The van der Waals surface area contributed by atoms with Crippen LogP contribution in [0.4, 0.5) is 0 Å². The molecule has 2 atom stereocenters. The molecule has 0 amide bonds. The van der Waals surface area contributed by atoms with Gasteiger partial charge in [0, 0.05) is 42.0 Å². The molecule has 2 unspecified atom stereocenters. The Kier molecular flexibility index (Phi) is 9.90. The zero-order valence-electron chi connectivity index (χ0n) is 25.5. The summed E-state index contributed by atoms with van der Waals surface area (Å²) < 4.78 is 11.8. The second kappa shape index (κ2) is 13.1. The first-order valence-electron chi connectivity index (χ1n) is 14.5. The van der Waals surface area contributed by atoms with E-state index < -0.39 is 0 Å². The summed E-state index contributed by atoms with van der Waals surface area (Å²) in [7, 11) is 0. The zero-order chi connectivity index (χ0) is 29.3. The zero-order valence-corrected chi connectivity index (χ0v) is 27.9. The number of benzene rings is 4. The van der Waals surface area contributed by atoms with Crippen LogP contribution in [-0.2, 0) is 30.3 Å². The number of hydrogen-bond donors (Lipinski definition) is 1. The molecular formula is C37H40IrNO3-. The molecule has 1 radical (unpaired) electrons. The largest absolute Gasteiger partial charge is 0.462 e. The molecule has 4 aromatic carbocycles. The average Bonchev–Trinajstić information content (AvgIpc) is 3.31. The second-order valence-corrected chi connectivity index (χ2v) is 12.3. The summed E-state index contributed by atoms with van der Waals surface area (Å²) in [5.41, 5.74) is 5.78. The number of aromatic nitrogens is 1. The normalized spacial score (nSPS) is 13.3. The van der Waals surface area contributed by atoms with Gasteiger partial charge in [0.15, 0.2) is 0 Å².